The van der Waals surface area contributed by atoms with Crippen molar-refractivity contribution in [1.82, 2.24) is 30.1 Å². The minimum atomic E-state index is -0.259. The van der Waals surface area contributed by atoms with E-state index in [9.17, 15) is 4.39 Å². The van der Waals surface area contributed by atoms with Crippen molar-refractivity contribution in [3.63, 3.8) is 0 Å². The number of halogens is 1. The maximum atomic E-state index is 13.4. The van der Waals surface area contributed by atoms with Crippen LogP contribution in [0.1, 0.15) is 0 Å². The minimum Gasteiger partial charge on any atom is -0.338 e. The van der Waals surface area contributed by atoms with Gasteiger partial charge in [0.05, 0.1) is 23.1 Å². The molecule has 6 rings (SSSR count). The van der Waals surface area contributed by atoms with Gasteiger partial charge in [0.15, 0.2) is 0 Å². The number of nitrogens with one attached hydrogen (secondary N) is 2. The first kappa shape index (κ1) is 17.5. The highest BCUT2D eigenvalue weighted by Crippen LogP contribution is 2.34. The number of aromatic nitrogens is 6. The predicted molar refractivity (Wildman–Crippen MR) is 118 cm³/mol. The third kappa shape index (κ3) is 2.95. The molecule has 0 atom stereocenters. The topological polar surface area (TPSA) is 83.1 Å². The third-order valence-electron chi connectivity index (χ3n) is 5.36. The highest BCUT2D eigenvalue weighted by atomic mass is 19.1. The van der Waals surface area contributed by atoms with Crippen molar-refractivity contribution in [2.24, 2.45) is 0 Å². The first-order valence-electron chi connectivity index (χ1n) is 9.75. The van der Waals surface area contributed by atoms with Crippen LogP contribution < -0.4 is 0 Å². The van der Waals surface area contributed by atoms with Gasteiger partial charge in [0.25, 0.3) is 0 Å². The van der Waals surface area contributed by atoms with E-state index in [4.69, 9.17) is 0 Å². The maximum Gasteiger partial charge on any atom is 0.138 e. The Hall–Kier alpha value is -4.39. The highest BCUT2D eigenvalue weighted by Gasteiger charge is 2.15. The van der Waals surface area contributed by atoms with E-state index in [2.05, 4.69) is 36.2 Å². The lowest BCUT2D eigenvalue weighted by molar-refractivity contribution is 0.628. The van der Waals surface area contributed by atoms with Gasteiger partial charge in [0.2, 0.25) is 0 Å². The van der Waals surface area contributed by atoms with Gasteiger partial charge in [-0.1, -0.05) is 18.2 Å². The highest BCUT2D eigenvalue weighted by molar-refractivity contribution is 6.00. The lowest BCUT2D eigenvalue weighted by Crippen LogP contribution is -1.84. The zero-order chi connectivity index (χ0) is 20.8. The Morgan fingerprint density at radius 1 is 0.774 bits per heavy atom. The van der Waals surface area contributed by atoms with Crippen LogP contribution in [0.5, 0.6) is 0 Å². The molecule has 0 amide bonds. The molecule has 2 aromatic carbocycles. The van der Waals surface area contributed by atoms with Crippen molar-refractivity contribution >= 4 is 21.9 Å². The average molecular weight is 406 g/mol. The molecular formula is C24H15FN6. The molecule has 0 saturated carbocycles. The van der Waals surface area contributed by atoms with Gasteiger partial charge < -0.3 is 4.98 Å². The molecule has 148 valence electrons. The van der Waals surface area contributed by atoms with Gasteiger partial charge in [-0.2, -0.15) is 5.10 Å². The van der Waals surface area contributed by atoms with Gasteiger partial charge in [0.1, 0.15) is 17.2 Å². The van der Waals surface area contributed by atoms with Gasteiger partial charge in [-0.05, 0) is 47.5 Å². The summed E-state index contributed by atoms with van der Waals surface area (Å²) in [6.45, 7) is 0. The van der Waals surface area contributed by atoms with E-state index >= 15 is 0 Å². The number of aromatic amines is 2. The summed E-state index contributed by atoms with van der Waals surface area (Å²) in [6.07, 6.45) is 6.82. The molecule has 0 radical (unpaired) electrons. The molecule has 0 saturated heterocycles. The van der Waals surface area contributed by atoms with Crippen molar-refractivity contribution in [3.05, 3.63) is 85.2 Å². The molecule has 2 N–H and O–H groups in total. The zero-order valence-corrected chi connectivity index (χ0v) is 16.2. The summed E-state index contributed by atoms with van der Waals surface area (Å²) >= 11 is 0. The molecule has 0 aliphatic carbocycles. The molecule has 0 fully saturated rings. The molecule has 6 nitrogen and oxygen atoms in total. The standard InChI is InChI=1S/C24H15FN6/c25-16-4-1-14(2-5-16)17-7-8-28-24-18(17)12-21(29-24)23-19-11-15(3-6-20(19)30-31-23)22-13-26-9-10-27-22/h1-13H,(H,28,29)(H,30,31). The van der Waals surface area contributed by atoms with E-state index in [1.165, 1.54) is 12.1 Å². The second-order valence-corrected chi connectivity index (χ2v) is 7.23. The fraction of sp³-hybridized carbons (Fsp3) is 0. The average Bonchev–Trinajstić information content (AvgIpc) is 3.43. The molecular weight excluding hydrogens is 391 g/mol. The normalized spacial score (nSPS) is 11.4. The van der Waals surface area contributed by atoms with Crippen LogP contribution in [0.4, 0.5) is 4.39 Å². The van der Waals surface area contributed by atoms with Crippen LogP contribution in [0.3, 0.4) is 0 Å². The number of hydrogen-bond acceptors (Lipinski definition) is 4. The summed E-state index contributed by atoms with van der Waals surface area (Å²) < 4.78 is 13.4. The van der Waals surface area contributed by atoms with Crippen molar-refractivity contribution in [2.75, 3.05) is 0 Å². The first-order chi connectivity index (χ1) is 15.3. The molecule has 6 aromatic rings. The fourth-order valence-corrected chi connectivity index (χ4v) is 3.86. The number of fused-ring (bicyclic) bond motifs is 2. The SMILES string of the molecule is Fc1ccc(-c2ccnc3[nH]c(-c4n[nH]c5ccc(-c6cnccn6)cc45)cc23)cc1. The second-order valence-electron chi connectivity index (χ2n) is 7.23. The van der Waals surface area contributed by atoms with Gasteiger partial charge in [-0.25, -0.2) is 9.37 Å². The lowest BCUT2D eigenvalue weighted by Gasteiger charge is -2.02. The van der Waals surface area contributed by atoms with E-state index in [-0.39, 0.29) is 5.82 Å². The van der Waals surface area contributed by atoms with Crippen LogP contribution in [-0.2, 0) is 0 Å². The van der Waals surface area contributed by atoms with Crippen LogP contribution in [-0.4, -0.2) is 30.1 Å². The van der Waals surface area contributed by atoms with Crippen LogP contribution in [0, 0.1) is 5.82 Å². The van der Waals surface area contributed by atoms with Crippen LogP contribution in [0.2, 0.25) is 0 Å². The number of pyridine rings is 1. The molecule has 0 aliphatic rings. The van der Waals surface area contributed by atoms with Crippen molar-refractivity contribution in [1.29, 1.82) is 0 Å². The minimum absolute atomic E-state index is 0.259. The summed E-state index contributed by atoms with van der Waals surface area (Å²) in [5, 5.41) is 9.55. The Morgan fingerprint density at radius 2 is 1.65 bits per heavy atom. The Kier molecular flexibility index (Phi) is 3.86. The van der Waals surface area contributed by atoms with Crippen molar-refractivity contribution < 1.29 is 4.39 Å². The maximum absolute atomic E-state index is 13.4. The molecule has 4 aromatic heterocycles. The van der Waals surface area contributed by atoms with E-state index < -0.39 is 0 Å². The van der Waals surface area contributed by atoms with Gasteiger partial charge >= 0.3 is 0 Å². The van der Waals surface area contributed by atoms with Crippen LogP contribution in [0.25, 0.3) is 55.7 Å². The Labute approximate surface area is 175 Å². The summed E-state index contributed by atoms with van der Waals surface area (Å²) in [6, 6.07) is 16.5. The van der Waals surface area contributed by atoms with Crippen LogP contribution in [0.15, 0.2) is 79.4 Å². The molecule has 31 heavy (non-hydrogen) atoms. The Balaban J connectivity index is 1.51. The Morgan fingerprint density at radius 3 is 2.48 bits per heavy atom. The Bertz CT molecular complexity index is 1530. The van der Waals surface area contributed by atoms with E-state index in [0.717, 1.165) is 55.7 Å². The van der Waals surface area contributed by atoms with Gasteiger partial charge in [-0.3, -0.25) is 15.1 Å². The van der Waals surface area contributed by atoms with Crippen molar-refractivity contribution in [3.8, 4) is 33.8 Å². The number of rotatable bonds is 3. The zero-order valence-electron chi connectivity index (χ0n) is 16.2. The van der Waals surface area contributed by atoms with Gasteiger partial charge in [0, 0.05) is 34.9 Å². The summed E-state index contributed by atoms with van der Waals surface area (Å²) in [5.74, 6) is -0.259. The quantitative estimate of drug-likeness (QED) is 0.414. The molecule has 0 unspecified atom stereocenters. The summed E-state index contributed by atoms with van der Waals surface area (Å²) in [5.41, 5.74) is 6.98. The largest absolute Gasteiger partial charge is 0.338 e. The smallest absolute Gasteiger partial charge is 0.138 e. The van der Waals surface area contributed by atoms with E-state index in [1.807, 2.05) is 24.3 Å². The lowest BCUT2D eigenvalue weighted by atomic mass is 10.0. The fourth-order valence-electron chi connectivity index (χ4n) is 3.86. The molecule has 0 bridgehead atoms. The van der Waals surface area contributed by atoms with Crippen LogP contribution >= 0.6 is 0 Å². The number of H-pyrrole nitrogens is 2. The summed E-state index contributed by atoms with van der Waals surface area (Å²) in [7, 11) is 0. The van der Waals surface area contributed by atoms with Gasteiger partial charge in [-0.15, -0.1) is 0 Å². The molecule has 0 aliphatic heterocycles. The number of hydrogen-bond donors (Lipinski definition) is 2. The molecule has 7 heteroatoms. The molecule has 4 heterocycles. The number of nitrogens with zero attached hydrogens (tertiary/aromatic N) is 4. The monoisotopic (exact) mass is 406 g/mol. The molecule has 0 spiro atoms. The van der Waals surface area contributed by atoms with E-state index in [0.29, 0.717) is 0 Å². The van der Waals surface area contributed by atoms with E-state index in [1.54, 1.807) is 36.9 Å². The van der Waals surface area contributed by atoms with Crippen molar-refractivity contribution in [2.45, 2.75) is 0 Å². The number of benzene rings is 2. The third-order valence-corrected chi connectivity index (χ3v) is 5.36. The second kappa shape index (κ2) is 6.84. The predicted octanol–water partition coefficient (Wildman–Crippen LogP) is 5.37. The summed E-state index contributed by atoms with van der Waals surface area (Å²) in [4.78, 5) is 16.4. The first-order valence-corrected chi connectivity index (χ1v) is 9.75.